The number of nitrogens with zero attached hydrogens (tertiary/aromatic N) is 2. The maximum Gasteiger partial charge on any atom is 0.246 e. The zero-order valence-electron chi connectivity index (χ0n) is 15.8. The molecule has 2 heterocycles. The Morgan fingerprint density at radius 2 is 1.61 bits per heavy atom. The number of hydrogen-bond acceptors (Lipinski definition) is 3. The molecule has 2 saturated heterocycles. The van der Waals surface area contributed by atoms with Crippen LogP contribution in [0.25, 0.3) is 6.08 Å². The molecule has 0 bridgehead atoms. The van der Waals surface area contributed by atoms with Gasteiger partial charge in [0.2, 0.25) is 15.9 Å². The first-order valence-corrected chi connectivity index (χ1v) is 11.3. The first-order chi connectivity index (χ1) is 13.4. The maximum absolute atomic E-state index is 12.7. The molecule has 2 aromatic carbocycles. The van der Waals surface area contributed by atoms with Gasteiger partial charge in [0.15, 0.2) is 0 Å². The number of carbonyl (C=O) groups is 1. The van der Waals surface area contributed by atoms with Gasteiger partial charge in [-0.2, -0.15) is 4.31 Å². The number of benzene rings is 2. The van der Waals surface area contributed by atoms with Gasteiger partial charge in [-0.05, 0) is 23.1 Å². The summed E-state index contributed by atoms with van der Waals surface area (Å²) in [4.78, 5) is 14.5. The molecule has 2 fully saturated rings. The highest BCUT2D eigenvalue weighted by Gasteiger charge is 2.50. The number of sulfonamides is 1. The van der Waals surface area contributed by atoms with E-state index in [1.165, 1.54) is 6.26 Å². The van der Waals surface area contributed by atoms with E-state index in [9.17, 15) is 13.2 Å². The van der Waals surface area contributed by atoms with Gasteiger partial charge in [0.25, 0.3) is 0 Å². The quantitative estimate of drug-likeness (QED) is 0.747. The molecule has 1 amide bonds. The van der Waals surface area contributed by atoms with Crippen molar-refractivity contribution in [1.82, 2.24) is 9.21 Å². The predicted molar refractivity (Wildman–Crippen MR) is 110 cm³/mol. The normalized spacial score (nSPS) is 25.3. The van der Waals surface area contributed by atoms with Gasteiger partial charge in [0, 0.05) is 31.6 Å². The minimum atomic E-state index is -3.31. The average molecular weight is 397 g/mol. The molecule has 6 heteroatoms. The summed E-state index contributed by atoms with van der Waals surface area (Å²) in [6, 6.07) is 19.3. The van der Waals surface area contributed by atoms with Gasteiger partial charge in [-0.1, -0.05) is 60.7 Å². The predicted octanol–water partition coefficient (Wildman–Crippen LogP) is 2.79. The molecular formula is C22H24N2O3S. The molecule has 0 saturated carbocycles. The fraction of sp³-hybridized carbons (Fsp3) is 0.318. The van der Waals surface area contributed by atoms with Crippen LogP contribution in [0.4, 0.5) is 0 Å². The van der Waals surface area contributed by atoms with E-state index in [1.807, 2.05) is 71.6 Å². The molecular weight excluding hydrogens is 372 g/mol. The molecule has 0 unspecified atom stereocenters. The van der Waals surface area contributed by atoms with Crippen molar-refractivity contribution in [1.29, 1.82) is 0 Å². The van der Waals surface area contributed by atoms with Crippen molar-refractivity contribution in [2.45, 2.75) is 6.04 Å². The Labute approximate surface area is 166 Å². The van der Waals surface area contributed by atoms with Crippen molar-refractivity contribution in [3.8, 4) is 0 Å². The lowest BCUT2D eigenvalue weighted by Crippen LogP contribution is -2.36. The fourth-order valence-corrected chi connectivity index (χ4v) is 5.58. The molecule has 0 spiro atoms. The molecule has 146 valence electrons. The number of hydrogen-bond donors (Lipinski definition) is 0. The molecule has 5 nitrogen and oxygen atoms in total. The molecule has 0 aliphatic carbocycles. The summed E-state index contributed by atoms with van der Waals surface area (Å²) in [5, 5.41) is 0. The lowest BCUT2D eigenvalue weighted by Gasteiger charge is -2.28. The first-order valence-electron chi connectivity index (χ1n) is 9.47. The van der Waals surface area contributed by atoms with Gasteiger partial charge in [0.1, 0.15) is 0 Å². The van der Waals surface area contributed by atoms with Gasteiger partial charge in [-0.25, -0.2) is 8.42 Å². The first kappa shape index (κ1) is 18.9. The van der Waals surface area contributed by atoms with Gasteiger partial charge >= 0.3 is 0 Å². The smallest absolute Gasteiger partial charge is 0.246 e. The highest BCUT2D eigenvalue weighted by molar-refractivity contribution is 7.88. The van der Waals surface area contributed by atoms with Crippen LogP contribution in [0.3, 0.4) is 0 Å². The van der Waals surface area contributed by atoms with Crippen LogP contribution in [0.5, 0.6) is 0 Å². The van der Waals surface area contributed by atoms with E-state index in [1.54, 1.807) is 10.4 Å². The fourth-order valence-electron chi connectivity index (χ4n) is 4.43. The molecule has 4 rings (SSSR count). The topological polar surface area (TPSA) is 57.7 Å². The Morgan fingerprint density at radius 3 is 2.25 bits per heavy atom. The molecule has 0 aromatic heterocycles. The lowest BCUT2D eigenvalue weighted by atomic mass is 9.90. The lowest BCUT2D eigenvalue weighted by molar-refractivity contribution is -0.125. The van der Waals surface area contributed by atoms with Gasteiger partial charge < -0.3 is 4.90 Å². The van der Waals surface area contributed by atoms with Crippen LogP contribution in [0.15, 0.2) is 66.7 Å². The van der Waals surface area contributed by atoms with E-state index in [-0.39, 0.29) is 23.8 Å². The van der Waals surface area contributed by atoms with E-state index in [2.05, 4.69) is 0 Å². The van der Waals surface area contributed by atoms with Crippen molar-refractivity contribution < 1.29 is 13.2 Å². The third kappa shape index (κ3) is 3.75. The summed E-state index contributed by atoms with van der Waals surface area (Å²) in [6.07, 6.45) is 4.71. The zero-order valence-corrected chi connectivity index (χ0v) is 16.6. The number of likely N-dealkylation sites (tertiary alicyclic amines) is 1. The number of carbonyl (C=O) groups excluding carboxylic acids is 1. The second-order valence-corrected chi connectivity index (χ2v) is 9.53. The molecule has 28 heavy (non-hydrogen) atoms. The highest BCUT2D eigenvalue weighted by Crippen LogP contribution is 2.46. The van der Waals surface area contributed by atoms with Crippen molar-refractivity contribution in [3.63, 3.8) is 0 Å². The summed E-state index contributed by atoms with van der Waals surface area (Å²) in [7, 11) is -3.31. The minimum Gasteiger partial charge on any atom is -0.338 e. The number of fused-ring (bicyclic) bond motifs is 1. The minimum absolute atomic E-state index is 0.0176. The van der Waals surface area contributed by atoms with Crippen molar-refractivity contribution in [3.05, 3.63) is 77.9 Å². The molecule has 3 atom stereocenters. The second-order valence-electron chi connectivity index (χ2n) is 7.60. The van der Waals surface area contributed by atoms with Crippen LogP contribution in [0.2, 0.25) is 0 Å². The van der Waals surface area contributed by atoms with E-state index in [0.717, 1.165) is 11.1 Å². The Balaban J connectivity index is 1.53. The third-order valence-corrected chi connectivity index (χ3v) is 6.95. The van der Waals surface area contributed by atoms with Crippen LogP contribution in [0, 0.1) is 11.8 Å². The molecule has 0 radical (unpaired) electrons. The van der Waals surface area contributed by atoms with Gasteiger partial charge in [-0.15, -0.1) is 0 Å². The van der Waals surface area contributed by atoms with Crippen molar-refractivity contribution >= 4 is 22.0 Å². The summed E-state index contributed by atoms with van der Waals surface area (Å²) in [5.41, 5.74) is 1.98. The van der Waals surface area contributed by atoms with E-state index < -0.39 is 10.0 Å². The molecule has 2 aliphatic rings. The van der Waals surface area contributed by atoms with Crippen molar-refractivity contribution in [2.24, 2.45) is 11.8 Å². The van der Waals surface area contributed by atoms with Crippen LogP contribution >= 0.6 is 0 Å². The number of amides is 1. The Hall–Kier alpha value is -2.44. The van der Waals surface area contributed by atoms with Crippen LogP contribution in [-0.2, 0) is 14.8 Å². The molecule has 0 N–H and O–H groups in total. The largest absolute Gasteiger partial charge is 0.338 e. The monoisotopic (exact) mass is 396 g/mol. The zero-order chi connectivity index (χ0) is 19.7. The van der Waals surface area contributed by atoms with E-state index >= 15 is 0 Å². The molecule has 2 aromatic rings. The Morgan fingerprint density at radius 1 is 0.964 bits per heavy atom. The van der Waals surface area contributed by atoms with E-state index in [4.69, 9.17) is 0 Å². The Kier molecular flexibility index (Phi) is 5.08. The third-order valence-electron chi connectivity index (χ3n) is 5.72. The average Bonchev–Trinajstić information content (AvgIpc) is 3.25. The van der Waals surface area contributed by atoms with Crippen LogP contribution in [0.1, 0.15) is 17.2 Å². The SMILES string of the molecule is CS(=O)(=O)N1C[C@H]2CN(C(=O)/C=C/c3ccccc3)C[C@H]2[C@@H]1c1ccccc1. The summed E-state index contributed by atoms with van der Waals surface area (Å²) in [5.74, 6) is 0.260. The number of rotatable bonds is 4. The summed E-state index contributed by atoms with van der Waals surface area (Å²) < 4.78 is 26.3. The van der Waals surface area contributed by atoms with Crippen LogP contribution in [-0.4, -0.2) is 49.4 Å². The maximum atomic E-state index is 12.7. The standard InChI is InChI=1S/C22H24N2O3S/c1-28(26,27)24-15-19-14-23(21(25)13-12-17-8-4-2-5-9-17)16-20(19)22(24)18-10-6-3-7-11-18/h2-13,19-20,22H,14-16H2,1H3/b13-12+/t19-,20-,22+/m1/s1. The van der Waals surface area contributed by atoms with Gasteiger partial charge in [-0.3, -0.25) is 4.79 Å². The van der Waals surface area contributed by atoms with Crippen LogP contribution < -0.4 is 0 Å². The van der Waals surface area contributed by atoms with Gasteiger partial charge in [0.05, 0.1) is 12.3 Å². The Bertz CT molecular complexity index is 973. The van der Waals surface area contributed by atoms with E-state index in [0.29, 0.717) is 19.6 Å². The second kappa shape index (κ2) is 7.53. The molecule has 2 aliphatic heterocycles. The summed E-state index contributed by atoms with van der Waals surface area (Å²) in [6.45, 7) is 1.64. The van der Waals surface area contributed by atoms with Crippen molar-refractivity contribution in [2.75, 3.05) is 25.9 Å². The highest BCUT2D eigenvalue weighted by atomic mass is 32.2. The summed E-state index contributed by atoms with van der Waals surface area (Å²) >= 11 is 0.